The number of rotatable bonds is 8. The molecule has 0 saturated heterocycles. The van der Waals surface area contributed by atoms with Gasteiger partial charge >= 0.3 is 11.9 Å². The maximum absolute atomic E-state index is 12.1. The number of aldehydes is 1. The number of hydrogen-bond donors (Lipinski definition) is 0. The third-order valence-corrected chi connectivity index (χ3v) is 4.77. The Kier molecular flexibility index (Phi) is 6.54. The molecular weight excluding hydrogens is 348 g/mol. The monoisotopic (exact) mass is 374 g/mol. The van der Waals surface area contributed by atoms with Gasteiger partial charge in [-0.1, -0.05) is 5.57 Å². The molecule has 0 aromatic carbocycles. The van der Waals surface area contributed by atoms with E-state index in [2.05, 4.69) is 0 Å². The van der Waals surface area contributed by atoms with Crippen LogP contribution < -0.4 is 0 Å². The van der Waals surface area contributed by atoms with Gasteiger partial charge in [-0.3, -0.25) is 4.79 Å². The number of hydrogen-bond acceptors (Lipinski definition) is 6. The minimum atomic E-state index is -0.776. The van der Waals surface area contributed by atoms with Gasteiger partial charge in [0, 0.05) is 24.7 Å². The van der Waals surface area contributed by atoms with E-state index in [4.69, 9.17) is 14.2 Å². The van der Waals surface area contributed by atoms with Crippen molar-refractivity contribution >= 4 is 18.2 Å². The van der Waals surface area contributed by atoms with E-state index in [1.807, 2.05) is 20.8 Å². The van der Waals surface area contributed by atoms with Crippen molar-refractivity contribution in [1.29, 1.82) is 0 Å². The zero-order valence-electron chi connectivity index (χ0n) is 16.5. The summed E-state index contributed by atoms with van der Waals surface area (Å²) >= 11 is 0. The van der Waals surface area contributed by atoms with Crippen LogP contribution in [0.4, 0.5) is 0 Å². The summed E-state index contributed by atoms with van der Waals surface area (Å²) in [6.07, 6.45) is 6.90. The highest BCUT2D eigenvalue weighted by atomic mass is 16.6. The standard InChI is InChI=1S/C21H26O6/c1-13(2)16(12-22)7-6-15-9-18(27-20(15)24)11-21(4,25-5)10-17-8-14(3)19(23)26-17/h8-10,12,18H,6-7,11H2,1-5H3/b17-10-/t18-,21+/m1/s1. The number of methoxy groups -OCH3 is 1. The molecule has 0 fully saturated rings. The Hall–Kier alpha value is -2.47. The summed E-state index contributed by atoms with van der Waals surface area (Å²) in [6, 6.07) is 0. The Morgan fingerprint density at radius 1 is 1.30 bits per heavy atom. The van der Waals surface area contributed by atoms with E-state index >= 15 is 0 Å². The summed E-state index contributed by atoms with van der Waals surface area (Å²) in [5, 5.41) is 0. The van der Waals surface area contributed by atoms with Gasteiger partial charge in [0.1, 0.15) is 18.1 Å². The van der Waals surface area contributed by atoms with Crippen LogP contribution in [-0.4, -0.2) is 37.0 Å². The second kappa shape index (κ2) is 8.48. The molecule has 2 atom stereocenters. The summed E-state index contributed by atoms with van der Waals surface area (Å²) in [5.41, 5.74) is 1.96. The number of esters is 2. The minimum absolute atomic E-state index is 0.367. The second-order valence-corrected chi connectivity index (χ2v) is 7.26. The van der Waals surface area contributed by atoms with Crippen molar-refractivity contribution in [3.05, 3.63) is 46.3 Å². The van der Waals surface area contributed by atoms with E-state index < -0.39 is 11.7 Å². The van der Waals surface area contributed by atoms with Gasteiger partial charge in [-0.25, -0.2) is 9.59 Å². The topological polar surface area (TPSA) is 78.9 Å². The third-order valence-electron chi connectivity index (χ3n) is 4.77. The van der Waals surface area contributed by atoms with Gasteiger partial charge in [-0.15, -0.1) is 0 Å². The molecule has 6 heteroatoms. The number of allylic oxidation sites excluding steroid dienone is 3. The van der Waals surface area contributed by atoms with Crippen LogP contribution in [0.2, 0.25) is 0 Å². The fourth-order valence-corrected chi connectivity index (χ4v) is 2.98. The molecule has 0 bridgehead atoms. The molecule has 6 nitrogen and oxygen atoms in total. The summed E-state index contributed by atoms with van der Waals surface area (Å²) in [4.78, 5) is 34.7. The molecule has 0 unspecified atom stereocenters. The number of carbonyl (C=O) groups is 3. The van der Waals surface area contributed by atoms with E-state index in [0.717, 1.165) is 11.9 Å². The number of carbonyl (C=O) groups excluding carboxylic acids is 3. The molecule has 2 heterocycles. The van der Waals surface area contributed by atoms with E-state index in [1.165, 1.54) is 0 Å². The van der Waals surface area contributed by atoms with Crippen molar-refractivity contribution in [2.24, 2.45) is 0 Å². The first-order valence-corrected chi connectivity index (χ1v) is 8.89. The van der Waals surface area contributed by atoms with Gasteiger partial charge in [0.2, 0.25) is 0 Å². The van der Waals surface area contributed by atoms with Gasteiger partial charge in [0.15, 0.2) is 0 Å². The minimum Gasteiger partial charge on any atom is -0.455 e. The first kappa shape index (κ1) is 20.8. The third kappa shape index (κ3) is 5.26. The Bertz CT molecular complexity index is 764. The highest BCUT2D eigenvalue weighted by molar-refractivity contribution is 5.92. The predicted molar refractivity (Wildman–Crippen MR) is 99.6 cm³/mol. The van der Waals surface area contributed by atoms with Gasteiger partial charge in [-0.05, 0) is 64.3 Å². The first-order valence-electron chi connectivity index (χ1n) is 8.89. The van der Waals surface area contributed by atoms with Crippen molar-refractivity contribution in [3.63, 3.8) is 0 Å². The molecule has 0 aromatic rings. The molecule has 2 aliphatic heterocycles. The highest BCUT2D eigenvalue weighted by Crippen LogP contribution is 2.30. The van der Waals surface area contributed by atoms with Gasteiger partial charge in [0.25, 0.3) is 0 Å². The van der Waals surface area contributed by atoms with Crippen molar-refractivity contribution in [1.82, 2.24) is 0 Å². The van der Waals surface area contributed by atoms with Crippen LogP contribution in [0.25, 0.3) is 0 Å². The molecule has 0 amide bonds. The quantitative estimate of drug-likeness (QED) is 0.368. The molecule has 2 aliphatic rings. The molecule has 146 valence electrons. The highest BCUT2D eigenvalue weighted by Gasteiger charge is 2.33. The van der Waals surface area contributed by atoms with Crippen LogP contribution in [0.1, 0.15) is 47.0 Å². The molecule has 2 rings (SSSR count). The van der Waals surface area contributed by atoms with Crippen LogP contribution in [0.5, 0.6) is 0 Å². The Labute approximate surface area is 159 Å². The van der Waals surface area contributed by atoms with Gasteiger partial charge in [-0.2, -0.15) is 0 Å². The number of ether oxygens (including phenoxy) is 3. The SMILES string of the molecule is CO[C@@](C)(/C=C1/C=C(C)C(=O)O1)C[C@H]1C=C(CCC(C=O)=C(C)C)C(=O)O1. The lowest BCUT2D eigenvalue weighted by Crippen LogP contribution is -2.30. The fourth-order valence-electron chi connectivity index (χ4n) is 2.98. The molecule has 0 saturated carbocycles. The molecule has 0 N–H and O–H groups in total. The van der Waals surface area contributed by atoms with Crippen LogP contribution in [-0.2, 0) is 28.6 Å². The van der Waals surface area contributed by atoms with Crippen molar-refractivity contribution in [2.45, 2.75) is 58.7 Å². The maximum Gasteiger partial charge on any atom is 0.339 e. The van der Waals surface area contributed by atoms with E-state index in [-0.39, 0.29) is 11.9 Å². The molecule has 0 aromatic heterocycles. The number of cyclic esters (lactones) is 2. The average molecular weight is 374 g/mol. The fraction of sp³-hybridized carbons (Fsp3) is 0.476. The Morgan fingerprint density at radius 3 is 2.52 bits per heavy atom. The molecule has 0 aliphatic carbocycles. The van der Waals surface area contributed by atoms with E-state index in [9.17, 15) is 14.4 Å². The lowest BCUT2D eigenvalue weighted by molar-refractivity contribution is -0.141. The average Bonchev–Trinajstić information content (AvgIpc) is 3.09. The first-order chi connectivity index (χ1) is 12.7. The van der Waals surface area contributed by atoms with Crippen LogP contribution in [0, 0.1) is 0 Å². The van der Waals surface area contributed by atoms with E-state index in [1.54, 1.807) is 32.3 Å². The smallest absolute Gasteiger partial charge is 0.339 e. The second-order valence-electron chi connectivity index (χ2n) is 7.26. The summed E-state index contributed by atoms with van der Waals surface area (Å²) in [7, 11) is 1.55. The Balaban J connectivity index is 2.07. The van der Waals surface area contributed by atoms with Gasteiger partial charge < -0.3 is 14.2 Å². The predicted octanol–water partition coefficient (Wildman–Crippen LogP) is 3.34. The zero-order chi connectivity index (χ0) is 20.2. The largest absolute Gasteiger partial charge is 0.455 e. The molecule has 0 spiro atoms. The lowest BCUT2D eigenvalue weighted by Gasteiger charge is -2.26. The zero-order valence-corrected chi connectivity index (χ0v) is 16.5. The van der Waals surface area contributed by atoms with Crippen LogP contribution in [0.15, 0.2) is 46.3 Å². The lowest BCUT2D eigenvalue weighted by atomic mass is 9.95. The normalized spacial score (nSPS) is 22.7. The summed E-state index contributed by atoms with van der Waals surface area (Å²) < 4.78 is 16.2. The van der Waals surface area contributed by atoms with Crippen LogP contribution in [0.3, 0.4) is 0 Å². The summed E-state index contributed by atoms with van der Waals surface area (Å²) in [6.45, 7) is 7.26. The van der Waals surface area contributed by atoms with Crippen LogP contribution >= 0.6 is 0 Å². The van der Waals surface area contributed by atoms with Crippen molar-refractivity contribution in [3.8, 4) is 0 Å². The Morgan fingerprint density at radius 2 is 2.00 bits per heavy atom. The van der Waals surface area contributed by atoms with E-state index in [0.29, 0.717) is 41.7 Å². The maximum atomic E-state index is 12.1. The molecule has 27 heavy (non-hydrogen) atoms. The molecule has 0 radical (unpaired) electrons. The molecular formula is C21H26O6. The van der Waals surface area contributed by atoms with Gasteiger partial charge in [0.05, 0.1) is 5.60 Å². The summed E-state index contributed by atoms with van der Waals surface area (Å²) in [5.74, 6) is -0.317. The van der Waals surface area contributed by atoms with Crippen molar-refractivity contribution < 1.29 is 28.6 Å². The van der Waals surface area contributed by atoms with Crippen molar-refractivity contribution in [2.75, 3.05) is 7.11 Å².